The predicted octanol–water partition coefficient (Wildman–Crippen LogP) is 4.73. The molecule has 4 rings (SSSR count). The number of hydrogen-bond acceptors (Lipinski definition) is 5. The molecule has 0 saturated carbocycles. The van der Waals surface area contributed by atoms with Crippen LogP contribution in [0.4, 0.5) is 5.69 Å². The van der Waals surface area contributed by atoms with Crippen molar-refractivity contribution in [3.63, 3.8) is 0 Å². The lowest BCUT2D eigenvalue weighted by atomic mass is 10.2. The number of imidazole rings is 1. The van der Waals surface area contributed by atoms with Gasteiger partial charge in [0.15, 0.2) is 0 Å². The SMILES string of the molecule is COc1ccccc1COc1cccc(-c2nc3ccc([N+](=O)[O-])cc3[nH]2)c1. The molecule has 0 radical (unpaired) electrons. The summed E-state index contributed by atoms with van der Waals surface area (Å²) in [5.74, 6) is 2.09. The van der Waals surface area contributed by atoms with Gasteiger partial charge in [-0.1, -0.05) is 30.3 Å². The first-order valence-corrected chi connectivity index (χ1v) is 8.63. The van der Waals surface area contributed by atoms with E-state index < -0.39 is 4.92 Å². The first-order valence-electron chi connectivity index (χ1n) is 8.63. The molecule has 3 aromatic carbocycles. The van der Waals surface area contributed by atoms with Gasteiger partial charge in [-0.3, -0.25) is 10.1 Å². The van der Waals surface area contributed by atoms with Crippen LogP contribution < -0.4 is 9.47 Å². The summed E-state index contributed by atoms with van der Waals surface area (Å²) in [5, 5.41) is 10.9. The number of benzene rings is 3. The number of nitrogens with zero attached hydrogens (tertiary/aromatic N) is 2. The number of para-hydroxylation sites is 1. The minimum absolute atomic E-state index is 0.0246. The lowest BCUT2D eigenvalue weighted by Gasteiger charge is -2.10. The van der Waals surface area contributed by atoms with Crippen molar-refractivity contribution in [2.24, 2.45) is 0 Å². The average Bonchev–Trinajstić information content (AvgIpc) is 3.16. The molecule has 28 heavy (non-hydrogen) atoms. The molecular formula is C21H17N3O4. The van der Waals surface area contributed by atoms with Crippen molar-refractivity contribution in [2.45, 2.75) is 6.61 Å². The van der Waals surface area contributed by atoms with Crippen molar-refractivity contribution >= 4 is 16.7 Å². The molecule has 0 fully saturated rings. The van der Waals surface area contributed by atoms with Gasteiger partial charge in [-0.15, -0.1) is 0 Å². The van der Waals surface area contributed by atoms with Gasteiger partial charge >= 0.3 is 0 Å². The summed E-state index contributed by atoms with van der Waals surface area (Å²) in [6, 6.07) is 19.8. The summed E-state index contributed by atoms with van der Waals surface area (Å²) in [6.07, 6.45) is 0. The average molecular weight is 375 g/mol. The molecule has 0 unspecified atom stereocenters. The Labute approximate surface area is 160 Å². The van der Waals surface area contributed by atoms with Crippen molar-refractivity contribution in [2.75, 3.05) is 7.11 Å². The van der Waals surface area contributed by atoms with Gasteiger partial charge in [-0.2, -0.15) is 0 Å². The Morgan fingerprint density at radius 3 is 2.75 bits per heavy atom. The summed E-state index contributed by atoms with van der Waals surface area (Å²) < 4.78 is 11.3. The van der Waals surface area contributed by atoms with Gasteiger partial charge in [0.05, 0.1) is 23.1 Å². The van der Waals surface area contributed by atoms with Gasteiger partial charge in [0, 0.05) is 23.3 Å². The Balaban J connectivity index is 1.58. The van der Waals surface area contributed by atoms with Crippen LogP contribution in [0.25, 0.3) is 22.4 Å². The molecule has 7 nitrogen and oxygen atoms in total. The number of nitro groups is 1. The Bertz CT molecular complexity index is 1150. The lowest BCUT2D eigenvalue weighted by Crippen LogP contribution is -1.98. The van der Waals surface area contributed by atoms with Gasteiger partial charge < -0.3 is 14.5 Å². The number of nitrogens with one attached hydrogen (secondary N) is 1. The van der Waals surface area contributed by atoms with Crippen LogP contribution in [0.2, 0.25) is 0 Å². The Kier molecular flexibility index (Phi) is 4.63. The van der Waals surface area contributed by atoms with Crippen molar-refractivity contribution in [3.8, 4) is 22.9 Å². The van der Waals surface area contributed by atoms with E-state index in [9.17, 15) is 10.1 Å². The normalized spacial score (nSPS) is 10.8. The van der Waals surface area contributed by atoms with E-state index in [1.165, 1.54) is 12.1 Å². The first-order chi connectivity index (χ1) is 13.6. The molecule has 0 atom stereocenters. The predicted molar refractivity (Wildman–Crippen MR) is 106 cm³/mol. The number of non-ortho nitro benzene ring substituents is 1. The van der Waals surface area contributed by atoms with Gasteiger partial charge in [-0.05, 0) is 24.3 Å². The highest BCUT2D eigenvalue weighted by Crippen LogP contribution is 2.27. The smallest absolute Gasteiger partial charge is 0.271 e. The monoisotopic (exact) mass is 375 g/mol. The number of hydrogen-bond donors (Lipinski definition) is 1. The zero-order valence-corrected chi connectivity index (χ0v) is 15.1. The topological polar surface area (TPSA) is 90.3 Å². The first kappa shape index (κ1) is 17.5. The Hall–Kier alpha value is -3.87. The second-order valence-corrected chi connectivity index (χ2v) is 6.17. The van der Waals surface area contributed by atoms with E-state index in [0.29, 0.717) is 29.2 Å². The number of fused-ring (bicyclic) bond motifs is 1. The highest BCUT2D eigenvalue weighted by Gasteiger charge is 2.11. The molecule has 0 aliphatic heterocycles. The summed E-state index contributed by atoms with van der Waals surface area (Å²) in [7, 11) is 1.63. The molecule has 1 heterocycles. The number of rotatable bonds is 6. The number of methoxy groups -OCH3 is 1. The van der Waals surface area contributed by atoms with E-state index in [1.54, 1.807) is 13.2 Å². The van der Waals surface area contributed by atoms with E-state index in [-0.39, 0.29) is 5.69 Å². The third kappa shape index (κ3) is 3.50. The van der Waals surface area contributed by atoms with Crippen LogP contribution in [0.3, 0.4) is 0 Å². The fourth-order valence-electron chi connectivity index (χ4n) is 2.96. The second kappa shape index (κ2) is 7.40. The van der Waals surface area contributed by atoms with E-state index in [1.807, 2.05) is 48.5 Å². The van der Waals surface area contributed by atoms with Crippen molar-refractivity contribution in [1.29, 1.82) is 0 Å². The molecule has 1 aromatic heterocycles. The largest absolute Gasteiger partial charge is 0.496 e. The van der Waals surface area contributed by atoms with Crippen LogP contribution in [0.1, 0.15) is 5.56 Å². The molecule has 0 aliphatic carbocycles. The van der Waals surface area contributed by atoms with Crippen molar-refractivity contribution in [3.05, 3.63) is 82.4 Å². The maximum Gasteiger partial charge on any atom is 0.271 e. The van der Waals surface area contributed by atoms with Crippen LogP contribution in [0, 0.1) is 10.1 Å². The van der Waals surface area contributed by atoms with E-state index in [2.05, 4.69) is 9.97 Å². The quantitative estimate of drug-likeness (QED) is 0.389. The summed E-state index contributed by atoms with van der Waals surface area (Å²) in [6.45, 7) is 0.375. The number of nitro benzene ring substituents is 1. The number of H-pyrrole nitrogens is 1. The highest BCUT2D eigenvalue weighted by atomic mass is 16.6. The third-order valence-corrected chi connectivity index (χ3v) is 4.37. The maximum absolute atomic E-state index is 10.9. The lowest BCUT2D eigenvalue weighted by molar-refractivity contribution is -0.384. The summed E-state index contributed by atoms with van der Waals surface area (Å²) in [5.41, 5.74) is 3.09. The molecule has 4 aromatic rings. The van der Waals surface area contributed by atoms with Crippen molar-refractivity contribution in [1.82, 2.24) is 9.97 Å². The van der Waals surface area contributed by atoms with Crippen LogP contribution in [0.5, 0.6) is 11.5 Å². The van der Waals surface area contributed by atoms with E-state index >= 15 is 0 Å². The van der Waals surface area contributed by atoms with Gasteiger partial charge in [-0.25, -0.2) is 4.98 Å². The van der Waals surface area contributed by atoms with Gasteiger partial charge in [0.1, 0.15) is 23.9 Å². The number of aromatic nitrogens is 2. The summed E-state index contributed by atoms with van der Waals surface area (Å²) in [4.78, 5) is 18.2. The summed E-state index contributed by atoms with van der Waals surface area (Å²) >= 11 is 0. The Morgan fingerprint density at radius 2 is 1.93 bits per heavy atom. The fourth-order valence-corrected chi connectivity index (χ4v) is 2.96. The van der Waals surface area contributed by atoms with E-state index in [4.69, 9.17) is 9.47 Å². The molecule has 0 amide bonds. The highest BCUT2D eigenvalue weighted by molar-refractivity contribution is 5.81. The minimum Gasteiger partial charge on any atom is -0.496 e. The van der Waals surface area contributed by atoms with Crippen LogP contribution >= 0.6 is 0 Å². The standard InChI is InChI=1S/C21H17N3O4/c1-27-20-8-3-2-5-15(20)13-28-17-7-4-6-14(11-17)21-22-18-10-9-16(24(25)26)12-19(18)23-21/h2-12H,13H2,1H3,(H,22,23). The maximum atomic E-state index is 10.9. The van der Waals surface area contributed by atoms with E-state index in [0.717, 1.165) is 16.9 Å². The molecule has 0 spiro atoms. The van der Waals surface area contributed by atoms with Gasteiger partial charge in [0.2, 0.25) is 0 Å². The molecule has 140 valence electrons. The molecule has 0 bridgehead atoms. The fraction of sp³-hybridized carbons (Fsp3) is 0.0952. The third-order valence-electron chi connectivity index (χ3n) is 4.37. The molecule has 0 aliphatic rings. The molecule has 0 saturated heterocycles. The zero-order valence-electron chi connectivity index (χ0n) is 15.1. The molecule has 7 heteroatoms. The zero-order chi connectivity index (χ0) is 19.5. The molecular weight excluding hydrogens is 358 g/mol. The van der Waals surface area contributed by atoms with Crippen LogP contribution in [0.15, 0.2) is 66.7 Å². The van der Waals surface area contributed by atoms with Crippen LogP contribution in [-0.4, -0.2) is 22.0 Å². The van der Waals surface area contributed by atoms with Crippen molar-refractivity contribution < 1.29 is 14.4 Å². The minimum atomic E-state index is -0.424. The number of ether oxygens (including phenoxy) is 2. The van der Waals surface area contributed by atoms with Crippen LogP contribution in [-0.2, 0) is 6.61 Å². The number of aromatic amines is 1. The molecule has 1 N–H and O–H groups in total. The second-order valence-electron chi connectivity index (χ2n) is 6.17. The van der Waals surface area contributed by atoms with Gasteiger partial charge in [0.25, 0.3) is 5.69 Å². The Morgan fingerprint density at radius 1 is 1.07 bits per heavy atom.